The van der Waals surface area contributed by atoms with Crippen molar-refractivity contribution >= 4 is 16.8 Å². The van der Waals surface area contributed by atoms with E-state index in [-0.39, 0.29) is 23.4 Å². The zero-order valence-corrected chi connectivity index (χ0v) is 16.0. The summed E-state index contributed by atoms with van der Waals surface area (Å²) in [6.07, 6.45) is 3.35. The molecule has 0 N–H and O–H groups in total. The van der Waals surface area contributed by atoms with Gasteiger partial charge in [-0.1, -0.05) is 18.2 Å². The van der Waals surface area contributed by atoms with Crippen LogP contribution in [0.2, 0.25) is 0 Å². The van der Waals surface area contributed by atoms with E-state index in [1.807, 2.05) is 37.5 Å². The Labute approximate surface area is 170 Å². The maximum atomic E-state index is 15.3. The number of carbonyl (C=O) groups is 1. The molecule has 0 unspecified atom stereocenters. The molecule has 1 amide bonds. The topological polar surface area (TPSA) is 51.0 Å². The van der Waals surface area contributed by atoms with Crippen LogP contribution >= 0.6 is 0 Å². The third kappa shape index (κ3) is 2.88. The fourth-order valence-electron chi connectivity index (χ4n) is 3.80. The summed E-state index contributed by atoms with van der Waals surface area (Å²) in [5.74, 6) is -0.973. The number of aryl methyl sites for hydroxylation is 2. The van der Waals surface area contributed by atoms with Crippen molar-refractivity contribution < 1.29 is 11.9 Å². The van der Waals surface area contributed by atoms with Crippen molar-refractivity contribution in [1.29, 1.82) is 0 Å². The number of aromatic nitrogens is 3. The molecule has 2 aromatic carbocycles. The van der Waals surface area contributed by atoms with E-state index in [0.29, 0.717) is 11.1 Å². The number of fused-ring (bicyclic) bond motifs is 2. The third-order valence-electron chi connectivity index (χ3n) is 5.23. The molecule has 0 bridgehead atoms. The van der Waals surface area contributed by atoms with E-state index in [2.05, 4.69) is 10.1 Å². The Kier molecular flexibility index (Phi) is 3.46. The Morgan fingerprint density at radius 3 is 2.83 bits per heavy atom. The minimum atomic E-state index is -2.10. The van der Waals surface area contributed by atoms with Gasteiger partial charge in [-0.3, -0.25) is 14.5 Å². The van der Waals surface area contributed by atoms with Crippen molar-refractivity contribution in [2.24, 2.45) is 7.05 Å². The van der Waals surface area contributed by atoms with Crippen LogP contribution in [0, 0.1) is 12.7 Å². The summed E-state index contributed by atoms with van der Waals surface area (Å²) < 4.78 is 33.8. The van der Waals surface area contributed by atoms with Crippen LogP contribution in [0.4, 0.5) is 4.39 Å². The Balaban J connectivity index is 1.55. The fourth-order valence-corrected chi connectivity index (χ4v) is 3.80. The van der Waals surface area contributed by atoms with Crippen molar-refractivity contribution in [3.8, 4) is 11.1 Å². The molecule has 6 heteroatoms. The highest BCUT2D eigenvalue weighted by Gasteiger charge is 2.29. The van der Waals surface area contributed by atoms with E-state index < -0.39 is 18.2 Å². The molecule has 4 aromatic rings. The Hall–Kier alpha value is -3.54. The Morgan fingerprint density at radius 1 is 1.21 bits per heavy atom. The van der Waals surface area contributed by atoms with Gasteiger partial charge >= 0.3 is 0 Å². The molecule has 0 radical (unpaired) electrons. The summed E-state index contributed by atoms with van der Waals surface area (Å²) in [7, 11) is 1.84. The van der Waals surface area contributed by atoms with E-state index in [0.717, 1.165) is 21.4 Å². The maximum absolute atomic E-state index is 15.3. The number of hydrogen-bond acceptors (Lipinski definition) is 3. The average molecular weight is 388 g/mol. The van der Waals surface area contributed by atoms with Gasteiger partial charge in [0, 0.05) is 36.9 Å². The average Bonchev–Trinajstić information content (AvgIpc) is 3.20. The highest BCUT2D eigenvalue weighted by Crippen LogP contribution is 2.32. The van der Waals surface area contributed by atoms with E-state index >= 15 is 4.39 Å². The van der Waals surface area contributed by atoms with Crippen LogP contribution in [0.3, 0.4) is 0 Å². The number of benzene rings is 2. The van der Waals surface area contributed by atoms with Crippen LogP contribution in [0.1, 0.15) is 29.9 Å². The summed E-state index contributed by atoms with van der Waals surface area (Å²) in [6, 6.07) is 12.1. The summed E-state index contributed by atoms with van der Waals surface area (Å²) in [4.78, 5) is 17.9. The predicted octanol–water partition coefficient (Wildman–Crippen LogP) is 4.24. The molecular formula is C23H19FN4O. The van der Waals surface area contributed by atoms with Gasteiger partial charge in [-0.05, 0) is 47.9 Å². The first kappa shape index (κ1) is 15.4. The molecule has 5 nitrogen and oxygen atoms in total. The molecule has 0 fully saturated rings. The van der Waals surface area contributed by atoms with Gasteiger partial charge in [0.15, 0.2) is 0 Å². The molecule has 0 atom stereocenters. The van der Waals surface area contributed by atoms with Crippen molar-refractivity contribution in [3.63, 3.8) is 0 Å². The number of pyridine rings is 1. The van der Waals surface area contributed by atoms with Crippen molar-refractivity contribution in [2.45, 2.75) is 20.0 Å². The van der Waals surface area contributed by atoms with Crippen LogP contribution in [-0.4, -0.2) is 25.6 Å². The first-order valence-electron chi connectivity index (χ1n) is 10.3. The molecule has 0 saturated heterocycles. The highest BCUT2D eigenvalue weighted by molar-refractivity contribution is 5.98. The second-order valence-corrected chi connectivity index (χ2v) is 7.20. The van der Waals surface area contributed by atoms with Gasteiger partial charge in [-0.15, -0.1) is 0 Å². The second kappa shape index (κ2) is 6.51. The van der Waals surface area contributed by atoms with Gasteiger partial charge in [0.05, 0.1) is 26.0 Å². The molecule has 1 aliphatic rings. The standard InChI is InChI=1S/C23H19FN4O/c1-14-9-15(16-5-3-7-21-19(16)11-27(2)26-21)10-20(24)18(14)12-28-13-22-17(23(28)29)6-4-8-25-22/h3-11H,12-13H2,1-2H3/i13D2. The van der Waals surface area contributed by atoms with E-state index in [1.165, 1.54) is 12.3 Å². The minimum Gasteiger partial charge on any atom is -0.328 e. The Bertz CT molecular complexity index is 1340. The number of nitrogens with zero attached hydrogens (tertiary/aromatic N) is 4. The molecule has 2 aromatic heterocycles. The third-order valence-corrected chi connectivity index (χ3v) is 5.23. The molecule has 1 aliphatic heterocycles. The van der Waals surface area contributed by atoms with Crippen molar-refractivity contribution in [2.75, 3.05) is 0 Å². The lowest BCUT2D eigenvalue weighted by molar-refractivity contribution is 0.0764. The molecule has 144 valence electrons. The summed E-state index contributed by atoms with van der Waals surface area (Å²) >= 11 is 0. The number of amides is 1. The predicted molar refractivity (Wildman–Crippen MR) is 109 cm³/mol. The number of rotatable bonds is 3. The number of carbonyl (C=O) groups excluding carboxylic acids is 1. The molecule has 0 spiro atoms. The number of hydrogen-bond donors (Lipinski definition) is 0. The zero-order chi connectivity index (χ0) is 21.9. The number of halogens is 1. The van der Waals surface area contributed by atoms with Gasteiger partial charge in [0.1, 0.15) is 5.82 Å². The van der Waals surface area contributed by atoms with Gasteiger partial charge < -0.3 is 4.90 Å². The Morgan fingerprint density at radius 2 is 2.03 bits per heavy atom. The highest BCUT2D eigenvalue weighted by atomic mass is 19.1. The second-order valence-electron chi connectivity index (χ2n) is 7.20. The largest absolute Gasteiger partial charge is 0.328 e. The van der Waals surface area contributed by atoms with Gasteiger partial charge in [0.25, 0.3) is 5.91 Å². The molecular weight excluding hydrogens is 367 g/mol. The first-order chi connectivity index (χ1) is 14.8. The van der Waals surface area contributed by atoms with E-state index in [4.69, 9.17) is 2.74 Å². The normalized spacial score (nSPS) is 16.1. The van der Waals surface area contributed by atoms with Gasteiger partial charge in [0.2, 0.25) is 0 Å². The van der Waals surface area contributed by atoms with Crippen molar-refractivity contribution in [3.05, 3.63) is 83.1 Å². The van der Waals surface area contributed by atoms with Gasteiger partial charge in [-0.25, -0.2) is 4.39 Å². The molecule has 0 saturated carbocycles. The summed E-state index contributed by atoms with van der Waals surface area (Å²) in [5, 5.41) is 5.33. The van der Waals surface area contributed by atoms with Gasteiger partial charge in [-0.2, -0.15) is 5.10 Å². The summed E-state index contributed by atoms with van der Waals surface area (Å²) in [5.41, 5.74) is 3.60. The maximum Gasteiger partial charge on any atom is 0.256 e. The zero-order valence-electron chi connectivity index (χ0n) is 18.0. The van der Waals surface area contributed by atoms with Crippen LogP contribution in [0.5, 0.6) is 0 Å². The fraction of sp³-hybridized carbons (Fsp3) is 0.174. The van der Waals surface area contributed by atoms with E-state index in [9.17, 15) is 4.79 Å². The summed E-state index contributed by atoms with van der Waals surface area (Å²) in [6.45, 7) is -0.517. The molecule has 29 heavy (non-hydrogen) atoms. The molecule has 3 heterocycles. The molecule has 5 rings (SSSR count). The van der Waals surface area contributed by atoms with Crippen LogP contribution in [0.15, 0.2) is 54.9 Å². The molecule has 0 aliphatic carbocycles. The van der Waals surface area contributed by atoms with Crippen LogP contribution < -0.4 is 0 Å². The van der Waals surface area contributed by atoms with E-state index in [1.54, 1.807) is 23.7 Å². The SMILES string of the molecule is [2H]C1([2H])c2ncccc2C(=O)N1Cc1c(C)cc(-c2cccc3nn(C)cc23)cc1F. The van der Waals surface area contributed by atoms with Crippen molar-refractivity contribution in [1.82, 2.24) is 19.7 Å². The van der Waals surface area contributed by atoms with Crippen LogP contribution in [-0.2, 0) is 20.1 Å². The smallest absolute Gasteiger partial charge is 0.256 e. The monoisotopic (exact) mass is 388 g/mol. The first-order valence-corrected chi connectivity index (χ1v) is 9.26. The lowest BCUT2D eigenvalue weighted by Gasteiger charge is -2.18. The quantitative estimate of drug-likeness (QED) is 0.528. The van der Waals surface area contributed by atoms with Crippen LogP contribution in [0.25, 0.3) is 22.0 Å². The lowest BCUT2D eigenvalue weighted by Crippen LogP contribution is -2.24. The lowest BCUT2D eigenvalue weighted by atomic mass is 9.97. The minimum absolute atomic E-state index is 0.0675.